The van der Waals surface area contributed by atoms with Gasteiger partial charge in [-0.3, -0.25) is 9.59 Å². The third kappa shape index (κ3) is 2.19. The Hall–Kier alpha value is -1.28. The molecule has 132 valence electrons. The minimum Gasteiger partial charge on any atom is -0.274 e. The molecule has 8 heteroatoms. The monoisotopic (exact) mass is 431 g/mol. The molecule has 4 rings (SSSR count). The van der Waals surface area contributed by atoms with Crippen LogP contribution >= 0.6 is 27.7 Å². The summed E-state index contributed by atoms with van der Waals surface area (Å²) in [6.07, 6.45) is -0.697. The number of alkyl halides is 3. The number of hydrogen-bond acceptors (Lipinski definition) is 3. The maximum Gasteiger partial charge on any atom is 0.417 e. The van der Waals surface area contributed by atoms with E-state index in [1.807, 2.05) is 26.0 Å². The predicted molar refractivity (Wildman–Crippen MR) is 92.2 cm³/mol. The fourth-order valence-corrected chi connectivity index (χ4v) is 6.57. The fourth-order valence-electron chi connectivity index (χ4n) is 4.16. The molecule has 2 amide bonds. The van der Waals surface area contributed by atoms with E-state index in [4.69, 9.17) is 0 Å². The number of carbonyl (C=O) groups is 2. The SMILES string of the molecule is C[C@]12C=C[C@](C)(S1)[C@H]1C(=O)N(c3ccc(Br)c(C(F)(F)F)c3)C(=O)[C@H]12. The van der Waals surface area contributed by atoms with Crippen LogP contribution in [0.15, 0.2) is 34.8 Å². The number of halogens is 4. The van der Waals surface area contributed by atoms with Crippen LogP contribution in [0.3, 0.4) is 0 Å². The summed E-state index contributed by atoms with van der Waals surface area (Å²) in [5.41, 5.74) is -0.938. The van der Waals surface area contributed by atoms with Gasteiger partial charge in [-0.2, -0.15) is 13.2 Å². The second-order valence-corrected chi connectivity index (χ2v) is 9.75. The fraction of sp³-hybridized carbons (Fsp3) is 0.412. The number of hydrogen-bond donors (Lipinski definition) is 0. The number of nitrogens with zero attached hydrogens (tertiary/aromatic N) is 1. The van der Waals surface area contributed by atoms with Crippen molar-refractivity contribution in [2.75, 3.05) is 4.90 Å². The molecule has 0 spiro atoms. The van der Waals surface area contributed by atoms with Crippen LogP contribution in [0.1, 0.15) is 19.4 Å². The van der Waals surface area contributed by atoms with Gasteiger partial charge in [0, 0.05) is 14.0 Å². The lowest BCUT2D eigenvalue weighted by Gasteiger charge is -2.24. The second kappa shape index (κ2) is 4.91. The highest BCUT2D eigenvalue weighted by atomic mass is 79.9. The van der Waals surface area contributed by atoms with Crippen molar-refractivity contribution in [3.63, 3.8) is 0 Å². The molecule has 3 aliphatic rings. The van der Waals surface area contributed by atoms with Crippen LogP contribution in [0.4, 0.5) is 18.9 Å². The number of amides is 2. The van der Waals surface area contributed by atoms with Crippen molar-refractivity contribution < 1.29 is 22.8 Å². The van der Waals surface area contributed by atoms with E-state index in [0.717, 1.165) is 11.0 Å². The van der Waals surface area contributed by atoms with E-state index < -0.39 is 44.9 Å². The summed E-state index contributed by atoms with van der Waals surface area (Å²) in [6, 6.07) is 3.44. The van der Waals surface area contributed by atoms with E-state index in [1.54, 1.807) is 11.8 Å². The Morgan fingerprint density at radius 3 is 2.08 bits per heavy atom. The number of benzene rings is 1. The quantitative estimate of drug-likeness (QED) is 0.488. The van der Waals surface area contributed by atoms with Gasteiger partial charge in [0.25, 0.3) is 0 Å². The Labute approximate surface area is 154 Å². The average Bonchev–Trinajstić information content (AvgIpc) is 3.04. The standard InChI is InChI=1S/C17H13BrF3NO2S/c1-15-5-6-16(2,25-15)12-11(15)13(23)22(14(12)24)8-3-4-10(18)9(7-8)17(19,20)21/h3-7,11-12H,1-2H3/t11-,12+,15+,16-. The number of rotatable bonds is 1. The normalized spacial score (nSPS) is 36.5. The molecule has 0 saturated carbocycles. The van der Waals surface area contributed by atoms with E-state index in [2.05, 4.69) is 15.9 Å². The minimum absolute atomic E-state index is 0.0310. The summed E-state index contributed by atoms with van der Waals surface area (Å²) in [5.74, 6) is -1.93. The first kappa shape index (κ1) is 17.1. The van der Waals surface area contributed by atoms with E-state index in [1.165, 1.54) is 12.1 Å². The van der Waals surface area contributed by atoms with Crippen LogP contribution in [0.5, 0.6) is 0 Å². The molecule has 3 heterocycles. The first-order valence-corrected chi connectivity index (χ1v) is 9.24. The molecule has 25 heavy (non-hydrogen) atoms. The topological polar surface area (TPSA) is 37.4 Å². The van der Waals surface area contributed by atoms with Gasteiger partial charge < -0.3 is 0 Å². The number of imide groups is 1. The van der Waals surface area contributed by atoms with Crippen molar-refractivity contribution >= 4 is 45.2 Å². The summed E-state index contributed by atoms with van der Waals surface area (Å²) in [6.45, 7) is 3.81. The maximum absolute atomic E-state index is 13.2. The number of anilines is 1. The zero-order valence-electron chi connectivity index (χ0n) is 13.2. The molecule has 4 atom stereocenters. The Bertz CT molecular complexity index is 819. The van der Waals surface area contributed by atoms with Crippen molar-refractivity contribution in [1.29, 1.82) is 0 Å². The first-order valence-electron chi connectivity index (χ1n) is 7.63. The Morgan fingerprint density at radius 1 is 1.08 bits per heavy atom. The van der Waals surface area contributed by atoms with Crippen molar-refractivity contribution in [1.82, 2.24) is 0 Å². The van der Waals surface area contributed by atoms with Crippen molar-refractivity contribution in [3.05, 3.63) is 40.4 Å². The van der Waals surface area contributed by atoms with Gasteiger partial charge in [-0.15, -0.1) is 11.8 Å². The molecule has 2 fully saturated rings. The lowest BCUT2D eigenvalue weighted by molar-refractivity contribution is -0.138. The second-order valence-electron chi connectivity index (χ2n) is 6.93. The van der Waals surface area contributed by atoms with Gasteiger partial charge in [0.05, 0.1) is 23.1 Å². The van der Waals surface area contributed by atoms with Gasteiger partial charge in [0.1, 0.15) is 0 Å². The molecule has 0 unspecified atom stereocenters. The largest absolute Gasteiger partial charge is 0.417 e. The van der Waals surface area contributed by atoms with E-state index >= 15 is 0 Å². The van der Waals surface area contributed by atoms with Gasteiger partial charge in [-0.05, 0) is 32.0 Å². The molecule has 0 aromatic heterocycles. The summed E-state index contributed by atoms with van der Waals surface area (Å²) < 4.78 is 38.4. The summed E-state index contributed by atoms with van der Waals surface area (Å²) in [5, 5.41) is 0. The van der Waals surface area contributed by atoms with E-state index in [-0.39, 0.29) is 10.2 Å². The molecular weight excluding hydrogens is 419 g/mol. The third-order valence-electron chi connectivity index (χ3n) is 5.24. The highest BCUT2D eigenvalue weighted by Crippen LogP contribution is 2.66. The van der Waals surface area contributed by atoms with Gasteiger partial charge in [-0.1, -0.05) is 28.1 Å². The van der Waals surface area contributed by atoms with Crippen LogP contribution in [-0.2, 0) is 15.8 Å². The van der Waals surface area contributed by atoms with E-state index in [9.17, 15) is 22.8 Å². The van der Waals surface area contributed by atoms with Gasteiger partial charge in [0.15, 0.2) is 0 Å². The molecule has 1 aromatic carbocycles. The van der Waals surface area contributed by atoms with Crippen LogP contribution < -0.4 is 4.90 Å². The molecule has 2 saturated heterocycles. The Balaban J connectivity index is 1.80. The zero-order chi connectivity index (χ0) is 18.4. The van der Waals surface area contributed by atoms with Crippen LogP contribution in [0, 0.1) is 11.8 Å². The number of thioether (sulfide) groups is 1. The average molecular weight is 432 g/mol. The number of carbonyl (C=O) groups excluding carboxylic acids is 2. The maximum atomic E-state index is 13.2. The molecule has 3 aliphatic heterocycles. The summed E-state index contributed by atoms with van der Waals surface area (Å²) in [4.78, 5) is 26.8. The highest BCUT2D eigenvalue weighted by Gasteiger charge is 2.69. The van der Waals surface area contributed by atoms with Crippen LogP contribution in [-0.4, -0.2) is 21.3 Å². The van der Waals surface area contributed by atoms with Gasteiger partial charge in [0.2, 0.25) is 11.8 Å². The highest BCUT2D eigenvalue weighted by molar-refractivity contribution is 9.10. The molecule has 0 radical (unpaired) electrons. The van der Waals surface area contributed by atoms with Crippen LogP contribution in [0.2, 0.25) is 0 Å². The van der Waals surface area contributed by atoms with Crippen molar-refractivity contribution in [3.8, 4) is 0 Å². The minimum atomic E-state index is -4.58. The molecule has 3 nitrogen and oxygen atoms in total. The van der Waals surface area contributed by atoms with Crippen molar-refractivity contribution in [2.24, 2.45) is 11.8 Å². The van der Waals surface area contributed by atoms with Crippen molar-refractivity contribution in [2.45, 2.75) is 29.5 Å². The predicted octanol–water partition coefficient (Wildman–Crippen LogP) is 4.41. The Kier molecular flexibility index (Phi) is 3.37. The van der Waals surface area contributed by atoms with Gasteiger partial charge in [-0.25, -0.2) is 4.90 Å². The van der Waals surface area contributed by atoms with E-state index in [0.29, 0.717) is 0 Å². The van der Waals surface area contributed by atoms with Gasteiger partial charge >= 0.3 is 6.18 Å². The molecule has 0 aliphatic carbocycles. The van der Waals surface area contributed by atoms with Crippen LogP contribution in [0.25, 0.3) is 0 Å². The summed E-state index contributed by atoms with van der Waals surface area (Å²) in [7, 11) is 0. The zero-order valence-corrected chi connectivity index (χ0v) is 15.6. The number of fused-ring (bicyclic) bond motifs is 5. The molecule has 1 aromatic rings. The first-order chi connectivity index (χ1) is 11.5. The molecule has 2 bridgehead atoms. The summed E-state index contributed by atoms with van der Waals surface area (Å²) >= 11 is 4.45. The molecular formula is C17H13BrF3NO2S. The lowest BCUT2D eigenvalue weighted by atomic mass is 9.73. The smallest absolute Gasteiger partial charge is 0.274 e. The Morgan fingerprint density at radius 2 is 1.60 bits per heavy atom. The third-order valence-corrected chi connectivity index (χ3v) is 7.59. The molecule has 0 N–H and O–H groups in total. The lowest BCUT2D eigenvalue weighted by Crippen LogP contribution is -2.36.